The monoisotopic (exact) mass is 567 g/mol. The molecule has 0 atom stereocenters. The number of hydrogen-bond donors (Lipinski definition) is 2. The number of ether oxygens (including phenoxy) is 1. The van der Waals surface area contributed by atoms with E-state index in [1.54, 1.807) is 7.11 Å². The number of carbonyl (C=O) groups excluding carboxylic acids is 1. The minimum Gasteiger partial charge on any atom is -0.497 e. The zero-order chi connectivity index (χ0) is 29.2. The Kier molecular flexibility index (Phi) is 7.26. The second kappa shape index (κ2) is 11.3. The van der Waals surface area contributed by atoms with Gasteiger partial charge in [-0.05, 0) is 52.7 Å². The van der Waals surface area contributed by atoms with Crippen LogP contribution in [0.25, 0.3) is 16.5 Å². The number of hydrogen-bond acceptors (Lipinski definition) is 5. The Morgan fingerprint density at radius 2 is 1.74 bits per heavy atom. The first kappa shape index (κ1) is 26.9. The second-order valence-corrected chi connectivity index (χ2v) is 9.96. The van der Waals surface area contributed by atoms with Crippen LogP contribution in [0.4, 0.5) is 25.2 Å². The van der Waals surface area contributed by atoms with Gasteiger partial charge >= 0.3 is 6.03 Å². The molecule has 1 aliphatic rings. The molecule has 1 aromatic heterocycles. The van der Waals surface area contributed by atoms with Crippen molar-refractivity contribution in [2.24, 2.45) is 0 Å². The molecule has 8 nitrogen and oxygen atoms in total. The van der Waals surface area contributed by atoms with Gasteiger partial charge in [0, 0.05) is 31.3 Å². The fourth-order valence-corrected chi connectivity index (χ4v) is 5.02. The SMILES string of the molecule is COc1ccc(CNc2nc3c(c(=O)n2-c2ccc4ccccc4c2)CN(C(=O)Nc2ccc(F)c(F)c2)CC3)cc1. The van der Waals surface area contributed by atoms with Gasteiger partial charge in [-0.15, -0.1) is 0 Å². The van der Waals surface area contributed by atoms with Gasteiger partial charge in [0.15, 0.2) is 11.6 Å². The lowest BCUT2D eigenvalue weighted by Gasteiger charge is -2.29. The molecule has 42 heavy (non-hydrogen) atoms. The van der Waals surface area contributed by atoms with Crippen molar-refractivity contribution < 1.29 is 18.3 Å². The zero-order valence-corrected chi connectivity index (χ0v) is 22.7. The van der Waals surface area contributed by atoms with Crippen LogP contribution in [-0.4, -0.2) is 34.1 Å². The highest BCUT2D eigenvalue weighted by atomic mass is 19.2. The lowest BCUT2D eigenvalue weighted by molar-refractivity contribution is 0.205. The minimum atomic E-state index is -1.06. The Hall–Kier alpha value is -5.25. The Bertz CT molecular complexity index is 1860. The molecule has 10 heteroatoms. The summed E-state index contributed by atoms with van der Waals surface area (Å²) in [6.45, 7) is 0.738. The smallest absolute Gasteiger partial charge is 0.322 e. The van der Waals surface area contributed by atoms with E-state index in [0.29, 0.717) is 42.4 Å². The standard InChI is InChI=1S/C32H27F2N5O3/c1-42-25-11-6-20(7-12-25)18-35-31-37-29-14-15-38(32(41)36-23-9-13-27(33)28(34)17-23)19-26(29)30(40)39(31)24-10-8-21-4-2-3-5-22(21)16-24/h2-13,16-17H,14-15,18-19H2,1H3,(H,35,37)(H,36,41). The minimum absolute atomic E-state index is 0.0169. The van der Waals surface area contributed by atoms with E-state index in [-0.39, 0.29) is 17.8 Å². The average molecular weight is 568 g/mol. The van der Waals surface area contributed by atoms with Crippen LogP contribution in [-0.2, 0) is 19.5 Å². The van der Waals surface area contributed by atoms with E-state index in [1.807, 2.05) is 66.7 Å². The van der Waals surface area contributed by atoms with E-state index in [2.05, 4.69) is 10.6 Å². The molecule has 212 valence electrons. The van der Waals surface area contributed by atoms with Crippen LogP contribution in [0.3, 0.4) is 0 Å². The van der Waals surface area contributed by atoms with E-state index < -0.39 is 17.7 Å². The highest BCUT2D eigenvalue weighted by molar-refractivity contribution is 5.89. The molecule has 6 rings (SSSR count). The average Bonchev–Trinajstić information content (AvgIpc) is 3.01. The third-order valence-electron chi connectivity index (χ3n) is 7.29. The van der Waals surface area contributed by atoms with Crippen molar-refractivity contribution in [1.82, 2.24) is 14.5 Å². The molecule has 0 bridgehead atoms. The summed E-state index contributed by atoms with van der Waals surface area (Å²) in [5, 5.41) is 7.92. The third-order valence-corrected chi connectivity index (χ3v) is 7.29. The lowest BCUT2D eigenvalue weighted by Crippen LogP contribution is -2.43. The van der Waals surface area contributed by atoms with Gasteiger partial charge in [0.1, 0.15) is 5.75 Å². The van der Waals surface area contributed by atoms with E-state index in [4.69, 9.17) is 9.72 Å². The first-order valence-corrected chi connectivity index (χ1v) is 13.4. The van der Waals surface area contributed by atoms with E-state index >= 15 is 0 Å². The van der Waals surface area contributed by atoms with Gasteiger partial charge < -0.3 is 20.3 Å². The van der Waals surface area contributed by atoms with Crippen LogP contribution in [0, 0.1) is 11.6 Å². The number of nitrogens with one attached hydrogen (secondary N) is 2. The predicted octanol–water partition coefficient (Wildman–Crippen LogP) is 5.87. The molecule has 0 saturated heterocycles. The van der Waals surface area contributed by atoms with E-state index in [0.717, 1.165) is 34.2 Å². The van der Waals surface area contributed by atoms with Gasteiger partial charge in [0.25, 0.3) is 5.56 Å². The molecule has 2 heterocycles. The fraction of sp³-hybridized carbons (Fsp3) is 0.156. The molecule has 2 amide bonds. The summed E-state index contributed by atoms with van der Waals surface area (Å²) in [5.74, 6) is -0.924. The first-order valence-electron chi connectivity index (χ1n) is 13.4. The van der Waals surface area contributed by atoms with Gasteiger partial charge in [-0.1, -0.05) is 42.5 Å². The van der Waals surface area contributed by atoms with Gasteiger partial charge in [-0.2, -0.15) is 0 Å². The first-order chi connectivity index (χ1) is 20.4. The highest BCUT2D eigenvalue weighted by Crippen LogP contribution is 2.24. The highest BCUT2D eigenvalue weighted by Gasteiger charge is 2.27. The second-order valence-electron chi connectivity index (χ2n) is 9.96. The molecule has 4 aromatic carbocycles. The van der Waals surface area contributed by atoms with Crippen molar-refractivity contribution in [2.45, 2.75) is 19.5 Å². The maximum Gasteiger partial charge on any atom is 0.322 e. The summed E-state index contributed by atoms with van der Waals surface area (Å²) in [5.41, 5.74) is 2.44. The van der Waals surface area contributed by atoms with Gasteiger partial charge in [0.05, 0.1) is 30.6 Å². The number of rotatable bonds is 6. The summed E-state index contributed by atoms with van der Waals surface area (Å²) >= 11 is 0. The zero-order valence-electron chi connectivity index (χ0n) is 22.7. The number of fused-ring (bicyclic) bond motifs is 2. The van der Waals surface area contributed by atoms with Crippen LogP contribution < -0.4 is 20.9 Å². The lowest BCUT2D eigenvalue weighted by atomic mass is 10.1. The molecular formula is C32H27F2N5O3. The number of nitrogens with zero attached hydrogens (tertiary/aromatic N) is 3. The number of amides is 2. The Morgan fingerprint density at radius 1 is 0.952 bits per heavy atom. The molecule has 5 aromatic rings. The summed E-state index contributed by atoms with van der Waals surface area (Å²) in [6, 6.07) is 23.8. The third kappa shape index (κ3) is 5.38. The van der Waals surface area contributed by atoms with E-state index in [9.17, 15) is 18.4 Å². The van der Waals surface area contributed by atoms with Gasteiger partial charge in [0.2, 0.25) is 5.95 Å². The van der Waals surface area contributed by atoms with Crippen molar-refractivity contribution in [3.8, 4) is 11.4 Å². The largest absolute Gasteiger partial charge is 0.497 e. The molecule has 0 aliphatic carbocycles. The normalized spacial score (nSPS) is 12.6. The van der Waals surface area contributed by atoms with Gasteiger partial charge in [-0.25, -0.2) is 23.1 Å². The number of benzene rings is 4. The quantitative estimate of drug-likeness (QED) is 0.268. The van der Waals surface area contributed by atoms with Crippen molar-refractivity contribution >= 4 is 28.4 Å². The molecule has 0 radical (unpaired) electrons. The van der Waals surface area contributed by atoms with Crippen LogP contribution in [0.2, 0.25) is 0 Å². The number of anilines is 2. The van der Waals surface area contributed by atoms with Crippen LogP contribution in [0.5, 0.6) is 5.75 Å². The Morgan fingerprint density at radius 3 is 2.50 bits per heavy atom. The topological polar surface area (TPSA) is 88.5 Å². The van der Waals surface area contributed by atoms with Gasteiger partial charge in [-0.3, -0.25) is 4.79 Å². The number of carbonyl (C=O) groups is 1. The molecule has 0 fully saturated rings. The van der Waals surface area contributed by atoms with Crippen molar-refractivity contribution in [1.29, 1.82) is 0 Å². The summed E-state index contributed by atoms with van der Waals surface area (Å²) < 4.78 is 33.8. The maximum absolute atomic E-state index is 14.1. The van der Waals surface area contributed by atoms with Crippen molar-refractivity contribution in [3.05, 3.63) is 124 Å². The summed E-state index contributed by atoms with van der Waals surface area (Å²) in [6.07, 6.45) is 0.353. The van der Waals surface area contributed by atoms with Crippen molar-refractivity contribution in [2.75, 3.05) is 24.3 Å². The molecule has 2 N–H and O–H groups in total. The summed E-state index contributed by atoms with van der Waals surface area (Å²) in [4.78, 5) is 33.4. The summed E-state index contributed by atoms with van der Waals surface area (Å²) in [7, 11) is 1.61. The number of urea groups is 1. The molecule has 0 saturated carbocycles. The molecule has 0 unspecified atom stereocenters. The van der Waals surface area contributed by atoms with Crippen LogP contribution in [0.15, 0.2) is 89.7 Å². The molecule has 0 spiro atoms. The Labute approximate surface area is 240 Å². The fourth-order valence-electron chi connectivity index (χ4n) is 5.02. The molecular weight excluding hydrogens is 540 g/mol. The van der Waals surface area contributed by atoms with E-state index in [1.165, 1.54) is 15.5 Å². The number of aromatic nitrogens is 2. The maximum atomic E-state index is 14.1. The predicted molar refractivity (Wildman–Crippen MR) is 157 cm³/mol. The van der Waals surface area contributed by atoms with Crippen molar-refractivity contribution in [3.63, 3.8) is 0 Å². The number of methoxy groups -OCH3 is 1. The van der Waals surface area contributed by atoms with Crippen LogP contribution >= 0.6 is 0 Å². The number of halogens is 2. The Balaban J connectivity index is 1.34. The molecule has 1 aliphatic heterocycles. The van der Waals surface area contributed by atoms with Crippen LogP contribution in [0.1, 0.15) is 16.8 Å².